The summed E-state index contributed by atoms with van der Waals surface area (Å²) in [6.07, 6.45) is 1.10. The van der Waals surface area contributed by atoms with E-state index in [4.69, 9.17) is 0 Å². The molecule has 1 fully saturated rings. The summed E-state index contributed by atoms with van der Waals surface area (Å²) in [5, 5.41) is 0. The van der Waals surface area contributed by atoms with Gasteiger partial charge in [0.05, 0.1) is 9.79 Å². The molecule has 0 aliphatic carbocycles. The molecular weight excluding hydrogens is 312 g/mol. The van der Waals surface area contributed by atoms with E-state index in [2.05, 4.69) is 4.90 Å². The molecule has 1 saturated heterocycles. The van der Waals surface area contributed by atoms with E-state index in [0.717, 1.165) is 25.9 Å². The van der Waals surface area contributed by atoms with Gasteiger partial charge in [0, 0.05) is 32.4 Å². The monoisotopic (exact) mass is 332 g/mol. The van der Waals surface area contributed by atoms with Gasteiger partial charge in [-0.25, -0.2) is 16.8 Å². The lowest BCUT2D eigenvalue weighted by Crippen LogP contribution is -2.48. The number of hydrogen-bond acceptors (Lipinski definition) is 5. The molecular formula is C13H20N2O4S2. The molecule has 2 rings (SSSR count). The fraction of sp³-hybridized carbons (Fsp3) is 0.538. The summed E-state index contributed by atoms with van der Waals surface area (Å²) < 4.78 is 49.3. The van der Waals surface area contributed by atoms with E-state index in [1.807, 2.05) is 6.92 Å². The first kappa shape index (κ1) is 16.4. The second-order valence-corrected chi connectivity index (χ2v) is 9.04. The molecule has 0 spiro atoms. The fourth-order valence-corrected chi connectivity index (χ4v) is 4.35. The molecule has 1 aromatic rings. The van der Waals surface area contributed by atoms with Crippen molar-refractivity contribution < 1.29 is 16.8 Å². The molecule has 118 valence electrons. The molecule has 0 radical (unpaired) electrons. The SMILES string of the molecule is CCN1CCN(S(=O)(=O)c2ccc(S(C)(=O)=O)cc2)CC1. The number of sulfone groups is 1. The van der Waals surface area contributed by atoms with Gasteiger partial charge >= 0.3 is 0 Å². The standard InChI is InChI=1S/C13H20N2O4S2/c1-3-14-8-10-15(11-9-14)21(18,19)13-6-4-12(5-7-13)20(2,16)17/h4-7H,3,8-11H2,1-2H3. The third-order valence-corrected chi connectivity index (χ3v) is 6.71. The van der Waals surface area contributed by atoms with Crippen LogP contribution < -0.4 is 0 Å². The van der Waals surface area contributed by atoms with Gasteiger partial charge in [-0.2, -0.15) is 4.31 Å². The quantitative estimate of drug-likeness (QED) is 0.799. The minimum absolute atomic E-state index is 0.122. The second kappa shape index (κ2) is 6.04. The van der Waals surface area contributed by atoms with Crippen LogP contribution in [0.3, 0.4) is 0 Å². The molecule has 0 atom stereocenters. The number of sulfonamides is 1. The summed E-state index contributed by atoms with van der Waals surface area (Å²) in [6.45, 7) is 5.33. The summed E-state index contributed by atoms with van der Waals surface area (Å²) >= 11 is 0. The molecule has 0 N–H and O–H groups in total. The Morgan fingerprint density at radius 1 is 0.905 bits per heavy atom. The van der Waals surface area contributed by atoms with E-state index in [1.165, 1.54) is 28.6 Å². The minimum atomic E-state index is -3.54. The fourth-order valence-electron chi connectivity index (χ4n) is 2.29. The maximum Gasteiger partial charge on any atom is 0.243 e. The third kappa shape index (κ3) is 3.63. The van der Waals surface area contributed by atoms with Crippen LogP contribution in [0.15, 0.2) is 34.1 Å². The van der Waals surface area contributed by atoms with E-state index in [1.54, 1.807) is 0 Å². The Morgan fingerprint density at radius 3 is 1.81 bits per heavy atom. The lowest BCUT2D eigenvalue weighted by molar-refractivity contribution is 0.196. The van der Waals surface area contributed by atoms with Crippen LogP contribution in [0.2, 0.25) is 0 Å². The molecule has 0 unspecified atom stereocenters. The van der Waals surface area contributed by atoms with E-state index >= 15 is 0 Å². The van der Waals surface area contributed by atoms with Gasteiger partial charge in [-0.05, 0) is 30.8 Å². The molecule has 1 aromatic carbocycles. The van der Waals surface area contributed by atoms with Crippen LogP contribution in [-0.4, -0.2) is 65.0 Å². The van der Waals surface area contributed by atoms with Crippen molar-refractivity contribution in [2.75, 3.05) is 39.0 Å². The maximum atomic E-state index is 12.5. The van der Waals surface area contributed by atoms with Crippen molar-refractivity contribution in [2.45, 2.75) is 16.7 Å². The normalized spacial score (nSPS) is 18.8. The summed E-state index contributed by atoms with van der Waals surface area (Å²) in [4.78, 5) is 2.45. The zero-order chi connectivity index (χ0) is 15.7. The van der Waals surface area contributed by atoms with E-state index in [-0.39, 0.29) is 9.79 Å². The van der Waals surface area contributed by atoms with Crippen LogP contribution in [0.5, 0.6) is 0 Å². The van der Waals surface area contributed by atoms with Crippen LogP contribution in [-0.2, 0) is 19.9 Å². The van der Waals surface area contributed by atoms with Gasteiger partial charge in [-0.15, -0.1) is 0 Å². The van der Waals surface area contributed by atoms with Crippen LogP contribution in [0.25, 0.3) is 0 Å². The summed E-state index contributed by atoms with van der Waals surface area (Å²) in [6, 6.07) is 5.39. The largest absolute Gasteiger partial charge is 0.301 e. The highest BCUT2D eigenvalue weighted by atomic mass is 32.2. The highest BCUT2D eigenvalue weighted by molar-refractivity contribution is 7.90. The van der Waals surface area contributed by atoms with E-state index in [0.29, 0.717) is 13.1 Å². The molecule has 0 saturated carbocycles. The average molecular weight is 332 g/mol. The molecule has 1 aliphatic heterocycles. The van der Waals surface area contributed by atoms with Gasteiger partial charge in [0.25, 0.3) is 0 Å². The molecule has 0 amide bonds. The minimum Gasteiger partial charge on any atom is -0.301 e. The van der Waals surface area contributed by atoms with Crippen LogP contribution in [0, 0.1) is 0 Å². The summed E-state index contributed by atoms with van der Waals surface area (Å²) in [5.74, 6) is 0. The number of rotatable bonds is 4. The highest BCUT2D eigenvalue weighted by Gasteiger charge is 2.28. The number of likely N-dealkylation sites (N-methyl/N-ethyl adjacent to an activating group) is 1. The number of nitrogens with zero attached hydrogens (tertiary/aromatic N) is 2. The first-order chi connectivity index (χ1) is 9.75. The number of hydrogen-bond donors (Lipinski definition) is 0. The van der Waals surface area contributed by atoms with Gasteiger partial charge in [0.2, 0.25) is 10.0 Å². The van der Waals surface area contributed by atoms with Crippen LogP contribution >= 0.6 is 0 Å². The Kier molecular flexibility index (Phi) is 4.72. The second-order valence-electron chi connectivity index (χ2n) is 5.08. The summed E-state index contributed by atoms with van der Waals surface area (Å²) in [7, 11) is -6.86. The van der Waals surface area contributed by atoms with Gasteiger partial charge in [0.15, 0.2) is 9.84 Å². The number of benzene rings is 1. The van der Waals surface area contributed by atoms with Crippen molar-refractivity contribution in [2.24, 2.45) is 0 Å². The van der Waals surface area contributed by atoms with Crippen molar-refractivity contribution in [1.82, 2.24) is 9.21 Å². The maximum absolute atomic E-state index is 12.5. The van der Waals surface area contributed by atoms with Crippen molar-refractivity contribution in [1.29, 1.82) is 0 Å². The number of piperazine rings is 1. The first-order valence-electron chi connectivity index (χ1n) is 6.78. The molecule has 0 aromatic heterocycles. The zero-order valence-electron chi connectivity index (χ0n) is 12.2. The Hall–Kier alpha value is -0.960. The Bertz CT molecular complexity index is 688. The van der Waals surface area contributed by atoms with E-state index in [9.17, 15) is 16.8 Å². The third-order valence-electron chi connectivity index (χ3n) is 3.67. The van der Waals surface area contributed by atoms with Crippen LogP contribution in [0.1, 0.15) is 6.92 Å². The predicted octanol–water partition coefficient (Wildman–Crippen LogP) is 0.416. The van der Waals surface area contributed by atoms with Gasteiger partial charge < -0.3 is 4.90 Å². The molecule has 0 bridgehead atoms. The van der Waals surface area contributed by atoms with Crippen molar-refractivity contribution in [3.63, 3.8) is 0 Å². The molecule has 1 heterocycles. The Labute approximate surface area is 126 Å². The lowest BCUT2D eigenvalue weighted by atomic mass is 10.4. The van der Waals surface area contributed by atoms with Gasteiger partial charge in [0.1, 0.15) is 0 Å². The Balaban J connectivity index is 2.21. The average Bonchev–Trinajstić information content (AvgIpc) is 2.46. The zero-order valence-corrected chi connectivity index (χ0v) is 13.8. The molecule has 8 heteroatoms. The summed E-state index contributed by atoms with van der Waals surface area (Å²) in [5.41, 5.74) is 0. The van der Waals surface area contributed by atoms with Crippen molar-refractivity contribution in [3.8, 4) is 0 Å². The molecule has 21 heavy (non-hydrogen) atoms. The highest BCUT2D eigenvalue weighted by Crippen LogP contribution is 2.19. The smallest absolute Gasteiger partial charge is 0.243 e. The molecule has 6 nitrogen and oxygen atoms in total. The topological polar surface area (TPSA) is 74.8 Å². The van der Waals surface area contributed by atoms with Crippen molar-refractivity contribution in [3.05, 3.63) is 24.3 Å². The Morgan fingerprint density at radius 2 is 1.38 bits per heavy atom. The van der Waals surface area contributed by atoms with Gasteiger partial charge in [-0.3, -0.25) is 0 Å². The van der Waals surface area contributed by atoms with Gasteiger partial charge in [-0.1, -0.05) is 6.92 Å². The first-order valence-corrected chi connectivity index (χ1v) is 10.1. The lowest BCUT2D eigenvalue weighted by Gasteiger charge is -2.33. The molecule has 1 aliphatic rings. The van der Waals surface area contributed by atoms with Crippen molar-refractivity contribution >= 4 is 19.9 Å². The predicted molar refractivity (Wildman–Crippen MR) is 80.4 cm³/mol. The van der Waals surface area contributed by atoms with E-state index < -0.39 is 19.9 Å². The van der Waals surface area contributed by atoms with Crippen LogP contribution in [0.4, 0.5) is 0 Å².